The van der Waals surface area contributed by atoms with Crippen molar-refractivity contribution >= 4 is 27.3 Å². The molecule has 0 spiro atoms. The van der Waals surface area contributed by atoms with Gasteiger partial charge in [0.15, 0.2) is 0 Å². The highest BCUT2D eigenvalue weighted by Gasteiger charge is 2.34. The van der Waals surface area contributed by atoms with E-state index in [9.17, 15) is 26.4 Å². The van der Waals surface area contributed by atoms with Crippen LogP contribution >= 0.6 is 0 Å². The van der Waals surface area contributed by atoms with E-state index in [1.807, 2.05) is 11.6 Å². The van der Waals surface area contributed by atoms with Gasteiger partial charge in [0, 0.05) is 11.3 Å². The Labute approximate surface area is 171 Å². The molecular formula is C21H17F3N2O3S. The zero-order valence-electron chi connectivity index (χ0n) is 15.7. The van der Waals surface area contributed by atoms with E-state index in [1.54, 1.807) is 24.3 Å². The van der Waals surface area contributed by atoms with Crippen LogP contribution in [0, 0.1) is 6.92 Å². The summed E-state index contributed by atoms with van der Waals surface area (Å²) < 4.78 is 66.2. The van der Waals surface area contributed by atoms with Crippen LogP contribution in [0.15, 0.2) is 77.7 Å². The first-order valence-corrected chi connectivity index (χ1v) is 10.2. The molecule has 3 aromatic rings. The average Bonchev–Trinajstić information content (AvgIpc) is 2.68. The van der Waals surface area contributed by atoms with E-state index < -0.39 is 27.5 Å². The molecule has 0 saturated heterocycles. The molecule has 0 heterocycles. The molecular weight excluding hydrogens is 417 g/mol. The highest BCUT2D eigenvalue weighted by atomic mass is 32.2. The Kier molecular flexibility index (Phi) is 5.84. The number of nitrogens with one attached hydrogen (secondary N) is 2. The monoisotopic (exact) mass is 434 g/mol. The van der Waals surface area contributed by atoms with Gasteiger partial charge in [-0.1, -0.05) is 29.8 Å². The van der Waals surface area contributed by atoms with Crippen LogP contribution in [-0.4, -0.2) is 14.3 Å². The molecule has 3 aromatic carbocycles. The maximum atomic E-state index is 13.1. The van der Waals surface area contributed by atoms with Crippen molar-refractivity contribution in [1.82, 2.24) is 0 Å². The van der Waals surface area contributed by atoms with Crippen molar-refractivity contribution in [2.24, 2.45) is 0 Å². The largest absolute Gasteiger partial charge is 0.418 e. The van der Waals surface area contributed by atoms with Crippen LogP contribution in [0.3, 0.4) is 0 Å². The van der Waals surface area contributed by atoms with Crippen molar-refractivity contribution in [3.05, 3.63) is 89.5 Å². The minimum atomic E-state index is -4.71. The molecule has 0 aliphatic rings. The summed E-state index contributed by atoms with van der Waals surface area (Å²) in [7, 11) is -4.26. The van der Waals surface area contributed by atoms with Gasteiger partial charge in [-0.05, 0) is 55.5 Å². The van der Waals surface area contributed by atoms with E-state index in [-0.39, 0.29) is 10.8 Å². The van der Waals surface area contributed by atoms with E-state index in [0.29, 0.717) is 11.3 Å². The Balaban J connectivity index is 1.77. The van der Waals surface area contributed by atoms with Gasteiger partial charge in [-0.3, -0.25) is 9.52 Å². The number of para-hydroxylation sites is 1. The molecule has 0 aliphatic heterocycles. The summed E-state index contributed by atoms with van der Waals surface area (Å²) >= 11 is 0. The van der Waals surface area contributed by atoms with Gasteiger partial charge in [-0.15, -0.1) is 0 Å². The molecule has 156 valence electrons. The lowest BCUT2D eigenvalue weighted by atomic mass is 10.1. The molecule has 2 N–H and O–H groups in total. The number of carbonyl (C=O) groups excluding carboxylic acids is 1. The molecule has 0 saturated carbocycles. The van der Waals surface area contributed by atoms with Gasteiger partial charge in [-0.2, -0.15) is 13.2 Å². The van der Waals surface area contributed by atoms with Crippen molar-refractivity contribution in [3.8, 4) is 0 Å². The number of anilines is 2. The number of sulfonamides is 1. The van der Waals surface area contributed by atoms with Crippen LogP contribution in [0.2, 0.25) is 0 Å². The van der Waals surface area contributed by atoms with E-state index in [2.05, 4.69) is 5.32 Å². The Hall–Kier alpha value is -3.33. The molecule has 5 nitrogen and oxygen atoms in total. The van der Waals surface area contributed by atoms with Gasteiger partial charge < -0.3 is 5.32 Å². The first kappa shape index (κ1) is 21.4. The van der Waals surface area contributed by atoms with Gasteiger partial charge in [0.05, 0.1) is 16.1 Å². The molecule has 0 atom stereocenters. The van der Waals surface area contributed by atoms with Crippen LogP contribution in [0.25, 0.3) is 0 Å². The Morgan fingerprint density at radius 1 is 0.867 bits per heavy atom. The number of amides is 1. The van der Waals surface area contributed by atoms with Crippen molar-refractivity contribution in [3.63, 3.8) is 0 Å². The molecule has 0 aliphatic carbocycles. The molecule has 0 fully saturated rings. The van der Waals surface area contributed by atoms with Crippen LogP contribution in [-0.2, 0) is 16.2 Å². The quantitative estimate of drug-likeness (QED) is 0.589. The molecule has 0 bridgehead atoms. The van der Waals surface area contributed by atoms with E-state index in [1.165, 1.54) is 36.4 Å². The van der Waals surface area contributed by atoms with E-state index in [4.69, 9.17) is 0 Å². The van der Waals surface area contributed by atoms with Gasteiger partial charge in [0.1, 0.15) is 0 Å². The minimum Gasteiger partial charge on any atom is -0.322 e. The highest BCUT2D eigenvalue weighted by molar-refractivity contribution is 7.92. The second kappa shape index (κ2) is 8.19. The first-order valence-electron chi connectivity index (χ1n) is 8.73. The lowest BCUT2D eigenvalue weighted by Gasteiger charge is -2.15. The summed E-state index contributed by atoms with van der Waals surface area (Å²) in [6.45, 7) is 1.89. The van der Waals surface area contributed by atoms with Crippen molar-refractivity contribution < 1.29 is 26.4 Å². The topological polar surface area (TPSA) is 75.3 Å². The summed E-state index contributed by atoms with van der Waals surface area (Å²) in [5, 5.41) is 2.63. The third-order valence-electron chi connectivity index (χ3n) is 4.21. The van der Waals surface area contributed by atoms with Crippen LogP contribution in [0.1, 0.15) is 21.5 Å². The molecule has 30 heavy (non-hydrogen) atoms. The number of benzene rings is 3. The number of alkyl halides is 3. The highest BCUT2D eigenvalue weighted by Crippen LogP contribution is 2.35. The summed E-state index contributed by atoms with van der Waals surface area (Å²) in [6.07, 6.45) is -4.71. The lowest BCUT2D eigenvalue weighted by molar-refractivity contribution is -0.136. The van der Waals surface area contributed by atoms with Crippen LogP contribution in [0.4, 0.5) is 24.5 Å². The summed E-state index contributed by atoms with van der Waals surface area (Å²) in [4.78, 5) is 12.0. The maximum absolute atomic E-state index is 13.1. The zero-order valence-corrected chi connectivity index (χ0v) is 16.5. The van der Waals surface area contributed by atoms with E-state index >= 15 is 0 Å². The number of hydrogen-bond acceptors (Lipinski definition) is 3. The third-order valence-corrected chi connectivity index (χ3v) is 5.59. The number of rotatable bonds is 5. The van der Waals surface area contributed by atoms with E-state index in [0.717, 1.165) is 17.7 Å². The van der Waals surface area contributed by atoms with Crippen molar-refractivity contribution in [2.75, 3.05) is 10.0 Å². The number of aryl methyl sites for hydroxylation is 1. The molecule has 0 radical (unpaired) electrons. The second-order valence-corrected chi connectivity index (χ2v) is 8.18. The van der Waals surface area contributed by atoms with Crippen LogP contribution in [0.5, 0.6) is 0 Å². The van der Waals surface area contributed by atoms with Crippen molar-refractivity contribution in [1.29, 1.82) is 0 Å². The van der Waals surface area contributed by atoms with Gasteiger partial charge >= 0.3 is 6.18 Å². The molecule has 1 amide bonds. The van der Waals surface area contributed by atoms with Gasteiger partial charge in [0.2, 0.25) is 0 Å². The minimum absolute atomic E-state index is 0.243. The zero-order chi connectivity index (χ0) is 21.9. The summed E-state index contributed by atoms with van der Waals surface area (Å²) in [5.74, 6) is -0.372. The fraction of sp³-hybridized carbons (Fsp3) is 0.0952. The molecule has 9 heteroatoms. The fourth-order valence-corrected chi connectivity index (χ4v) is 3.73. The molecule has 0 unspecified atom stereocenters. The molecule has 3 rings (SSSR count). The normalized spacial score (nSPS) is 11.7. The SMILES string of the molecule is Cc1ccc(C(=O)Nc2ccc(S(=O)(=O)Nc3ccccc3C(F)(F)F)cc2)cc1. The smallest absolute Gasteiger partial charge is 0.322 e. The molecule has 0 aromatic heterocycles. The summed E-state index contributed by atoms with van der Waals surface area (Å²) in [6, 6.07) is 16.3. The maximum Gasteiger partial charge on any atom is 0.418 e. The second-order valence-electron chi connectivity index (χ2n) is 6.49. The average molecular weight is 434 g/mol. The lowest BCUT2D eigenvalue weighted by Crippen LogP contribution is -2.17. The predicted octanol–water partition coefficient (Wildman–Crippen LogP) is 5.07. The predicted molar refractivity (Wildman–Crippen MR) is 108 cm³/mol. The first-order chi connectivity index (χ1) is 14.1. The summed E-state index contributed by atoms with van der Waals surface area (Å²) in [5.41, 5.74) is 0.121. The van der Waals surface area contributed by atoms with Gasteiger partial charge in [-0.25, -0.2) is 8.42 Å². The van der Waals surface area contributed by atoms with Crippen LogP contribution < -0.4 is 10.0 Å². The number of carbonyl (C=O) groups is 1. The third kappa shape index (κ3) is 4.98. The Bertz CT molecular complexity index is 1160. The van der Waals surface area contributed by atoms with Crippen molar-refractivity contribution in [2.45, 2.75) is 18.0 Å². The standard InChI is InChI=1S/C21H17F3N2O3S/c1-14-6-8-15(9-7-14)20(27)25-16-10-12-17(13-11-16)30(28,29)26-19-5-3-2-4-18(19)21(22,23)24/h2-13,26H,1H3,(H,25,27). The Morgan fingerprint density at radius 3 is 2.07 bits per heavy atom. The fourth-order valence-electron chi connectivity index (χ4n) is 2.65. The Morgan fingerprint density at radius 2 is 1.47 bits per heavy atom. The van der Waals surface area contributed by atoms with Gasteiger partial charge in [0.25, 0.3) is 15.9 Å². The number of halogens is 3. The number of hydrogen-bond donors (Lipinski definition) is 2.